The molecule has 0 saturated heterocycles. The van der Waals surface area contributed by atoms with Gasteiger partial charge in [0.15, 0.2) is 5.82 Å². The van der Waals surface area contributed by atoms with Gasteiger partial charge < -0.3 is 5.32 Å². The van der Waals surface area contributed by atoms with Crippen molar-refractivity contribution in [2.24, 2.45) is 0 Å². The smallest absolute Gasteiger partial charge is 0.151 e. The Morgan fingerprint density at radius 3 is 2.53 bits per heavy atom. The summed E-state index contributed by atoms with van der Waals surface area (Å²) in [5, 5.41) is 11.5. The summed E-state index contributed by atoms with van der Waals surface area (Å²) >= 11 is 0. The van der Waals surface area contributed by atoms with Crippen LogP contribution in [0.15, 0.2) is 0 Å². The van der Waals surface area contributed by atoms with E-state index in [1.807, 2.05) is 14.0 Å². The molecule has 0 amide bonds. The van der Waals surface area contributed by atoms with Gasteiger partial charge in [-0.1, -0.05) is 19.3 Å². The van der Waals surface area contributed by atoms with Gasteiger partial charge in [0.05, 0.1) is 0 Å². The van der Waals surface area contributed by atoms with Gasteiger partial charge in [0, 0.05) is 13.0 Å². The number of hydrogen-bond donors (Lipinski definition) is 1. The van der Waals surface area contributed by atoms with Gasteiger partial charge in [-0.05, 0) is 19.8 Å². The summed E-state index contributed by atoms with van der Waals surface area (Å²) in [6.45, 7) is 1.87. The quantitative estimate of drug-likeness (QED) is 0.806. The van der Waals surface area contributed by atoms with E-state index < -0.39 is 0 Å². The van der Waals surface area contributed by atoms with E-state index in [2.05, 4.69) is 20.5 Å². The Bertz CT molecular complexity index is 331. The molecule has 2 rings (SSSR count). The highest BCUT2D eigenvalue weighted by molar-refractivity contribution is 5.40. The van der Waals surface area contributed by atoms with Crippen molar-refractivity contribution in [3.63, 3.8) is 0 Å². The minimum absolute atomic E-state index is 0.557. The first-order valence-electron chi connectivity index (χ1n) is 5.70. The molecule has 4 nitrogen and oxygen atoms in total. The minimum atomic E-state index is 0.557. The highest BCUT2D eigenvalue weighted by atomic mass is 15.2. The van der Waals surface area contributed by atoms with Crippen molar-refractivity contribution in [2.45, 2.75) is 44.9 Å². The zero-order valence-corrected chi connectivity index (χ0v) is 9.45. The summed E-state index contributed by atoms with van der Waals surface area (Å²) in [6.07, 6.45) is 6.44. The number of anilines is 1. The number of rotatable bonds is 2. The maximum atomic E-state index is 4.38. The van der Waals surface area contributed by atoms with E-state index in [1.165, 1.54) is 32.1 Å². The van der Waals surface area contributed by atoms with Crippen LogP contribution in [0.3, 0.4) is 0 Å². The Balaban J connectivity index is 2.25. The van der Waals surface area contributed by atoms with Crippen molar-refractivity contribution in [2.75, 3.05) is 12.4 Å². The van der Waals surface area contributed by atoms with Crippen LogP contribution in [0.1, 0.15) is 49.5 Å². The monoisotopic (exact) mass is 206 g/mol. The lowest BCUT2D eigenvalue weighted by atomic mass is 9.87. The molecule has 0 aliphatic heterocycles. The first-order chi connectivity index (χ1) is 7.31. The van der Waals surface area contributed by atoms with Crippen LogP contribution >= 0.6 is 0 Å². The lowest BCUT2D eigenvalue weighted by molar-refractivity contribution is 0.433. The highest BCUT2D eigenvalue weighted by Gasteiger charge is 2.20. The fourth-order valence-electron chi connectivity index (χ4n) is 2.25. The Morgan fingerprint density at radius 1 is 1.13 bits per heavy atom. The van der Waals surface area contributed by atoms with Crippen LogP contribution in [-0.4, -0.2) is 22.2 Å². The normalized spacial score (nSPS) is 17.7. The number of nitrogens with one attached hydrogen (secondary N) is 1. The van der Waals surface area contributed by atoms with Gasteiger partial charge >= 0.3 is 0 Å². The molecule has 0 aromatic carbocycles. The summed E-state index contributed by atoms with van der Waals surface area (Å²) in [5.74, 6) is 2.20. The molecule has 1 fully saturated rings. The summed E-state index contributed by atoms with van der Waals surface area (Å²) in [4.78, 5) is 4.38. The molecule has 1 aromatic rings. The van der Waals surface area contributed by atoms with Gasteiger partial charge in [0.1, 0.15) is 11.5 Å². The van der Waals surface area contributed by atoms with E-state index >= 15 is 0 Å². The van der Waals surface area contributed by atoms with Crippen LogP contribution < -0.4 is 5.32 Å². The van der Waals surface area contributed by atoms with Crippen LogP contribution in [0.4, 0.5) is 5.82 Å². The van der Waals surface area contributed by atoms with Gasteiger partial charge in [0.25, 0.3) is 0 Å². The molecule has 1 aliphatic carbocycles. The zero-order valence-electron chi connectivity index (χ0n) is 9.45. The molecule has 1 N–H and O–H groups in total. The van der Waals surface area contributed by atoms with Gasteiger partial charge in [-0.25, -0.2) is 4.98 Å². The molecule has 1 heterocycles. The second-order valence-corrected chi connectivity index (χ2v) is 4.18. The van der Waals surface area contributed by atoms with E-state index in [0.29, 0.717) is 5.92 Å². The third kappa shape index (κ3) is 2.25. The van der Waals surface area contributed by atoms with E-state index in [1.54, 1.807) is 0 Å². The molecule has 1 aromatic heterocycles. The van der Waals surface area contributed by atoms with E-state index in [9.17, 15) is 0 Å². The first kappa shape index (κ1) is 10.3. The molecule has 4 heteroatoms. The lowest BCUT2D eigenvalue weighted by Gasteiger charge is -2.21. The number of hydrogen-bond acceptors (Lipinski definition) is 4. The molecule has 0 radical (unpaired) electrons. The van der Waals surface area contributed by atoms with Crippen LogP contribution in [0.25, 0.3) is 0 Å². The van der Waals surface area contributed by atoms with Gasteiger partial charge in [-0.2, -0.15) is 0 Å². The molecule has 1 saturated carbocycles. The fourth-order valence-corrected chi connectivity index (χ4v) is 2.25. The summed E-state index contributed by atoms with van der Waals surface area (Å²) < 4.78 is 0. The van der Waals surface area contributed by atoms with E-state index in [-0.39, 0.29) is 0 Å². The van der Waals surface area contributed by atoms with Crippen molar-refractivity contribution in [1.29, 1.82) is 0 Å². The van der Waals surface area contributed by atoms with Crippen LogP contribution in [0.2, 0.25) is 0 Å². The number of aryl methyl sites for hydroxylation is 1. The largest absolute Gasteiger partial charge is 0.372 e. The standard InChI is InChI=1S/C11H18N4/c1-8-13-11(12-2)10(15-14-8)9-6-4-3-5-7-9/h9H,3-7H2,1-2H3,(H,12,13,14). The maximum Gasteiger partial charge on any atom is 0.151 e. The van der Waals surface area contributed by atoms with Crippen LogP contribution in [-0.2, 0) is 0 Å². The van der Waals surface area contributed by atoms with Crippen LogP contribution in [0.5, 0.6) is 0 Å². The van der Waals surface area contributed by atoms with Crippen molar-refractivity contribution in [3.8, 4) is 0 Å². The molecule has 15 heavy (non-hydrogen) atoms. The third-order valence-electron chi connectivity index (χ3n) is 3.05. The highest BCUT2D eigenvalue weighted by Crippen LogP contribution is 2.33. The topological polar surface area (TPSA) is 50.7 Å². The Labute approximate surface area is 90.5 Å². The molecule has 0 unspecified atom stereocenters. The molecule has 0 spiro atoms. The molecule has 82 valence electrons. The van der Waals surface area contributed by atoms with E-state index in [0.717, 1.165) is 17.3 Å². The molecular formula is C11H18N4. The summed E-state index contributed by atoms with van der Waals surface area (Å²) in [5.41, 5.74) is 1.06. The summed E-state index contributed by atoms with van der Waals surface area (Å²) in [6, 6.07) is 0. The molecule has 1 aliphatic rings. The maximum absolute atomic E-state index is 4.38. The average Bonchev–Trinajstić information content (AvgIpc) is 2.30. The molecular weight excluding hydrogens is 188 g/mol. The Kier molecular flexibility index (Phi) is 3.14. The van der Waals surface area contributed by atoms with Gasteiger partial charge in [-0.15, -0.1) is 10.2 Å². The fraction of sp³-hybridized carbons (Fsp3) is 0.727. The molecule has 0 atom stereocenters. The SMILES string of the molecule is CNc1nc(C)nnc1C1CCCCC1. The Morgan fingerprint density at radius 2 is 1.87 bits per heavy atom. The number of aromatic nitrogens is 3. The van der Waals surface area contributed by atoms with Crippen molar-refractivity contribution in [1.82, 2.24) is 15.2 Å². The van der Waals surface area contributed by atoms with Crippen LogP contribution in [0, 0.1) is 6.92 Å². The average molecular weight is 206 g/mol. The van der Waals surface area contributed by atoms with Gasteiger partial charge in [-0.3, -0.25) is 0 Å². The summed E-state index contributed by atoms with van der Waals surface area (Å²) in [7, 11) is 1.90. The first-order valence-corrected chi connectivity index (χ1v) is 5.70. The van der Waals surface area contributed by atoms with Crippen molar-refractivity contribution >= 4 is 5.82 Å². The molecule has 0 bridgehead atoms. The minimum Gasteiger partial charge on any atom is -0.372 e. The van der Waals surface area contributed by atoms with E-state index in [4.69, 9.17) is 0 Å². The zero-order chi connectivity index (χ0) is 10.7. The van der Waals surface area contributed by atoms with Gasteiger partial charge in [0.2, 0.25) is 0 Å². The predicted molar refractivity (Wildman–Crippen MR) is 59.9 cm³/mol. The third-order valence-corrected chi connectivity index (χ3v) is 3.05. The van der Waals surface area contributed by atoms with Crippen molar-refractivity contribution < 1.29 is 0 Å². The lowest BCUT2D eigenvalue weighted by Crippen LogP contribution is -2.12. The second-order valence-electron chi connectivity index (χ2n) is 4.18. The Hall–Kier alpha value is -1.19. The second kappa shape index (κ2) is 4.55. The predicted octanol–water partition coefficient (Wildman–Crippen LogP) is 2.27. The number of nitrogens with zero attached hydrogens (tertiary/aromatic N) is 3. The van der Waals surface area contributed by atoms with Crippen molar-refractivity contribution in [3.05, 3.63) is 11.5 Å².